The van der Waals surface area contributed by atoms with E-state index in [4.69, 9.17) is 23.2 Å². The highest BCUT2D eigenvalue weighted by atomic mass is 35.5. The molecule has 7 heteroatoms. The maximum Gasteiger partial charge on any atom is 0.245 e. The highest BCUT2D eigenvalue weighted by molar-refractivity contribution is 6.32. The average Bonchev–Trinajstić information content (AvgIpc) is 2.32. The number of rotatable bonds is 2. The first-order chi connectivity index (χ1) is 7.70. The van der Waals surface area contributed by atoms with Crippen molar-refractivity contribution in [3.63, 3.8) is 0 Å². The van der Waals surface area contributed by atoms with E-state index in [0.29, 0.717) is 11.0 Å². The van der Waals surface area contributed by atoms with E-state index in [1.165, 1.54) is 0 Å². The lowest BCUT2D eigenvalue weighted by molar-refractivity contribution is 0.270. The monoisotopic (exact) mass is 261 g/mol. The summed E-state index contributed by atoms with van der Waals surface area (Å²) >= 11 is 11.7. The molecule has 0 N–H and O–H groups in total. The molecule has 2 heterocycles. The Bertz CT molecular complexity index is 365. The number of likely N-dealkylation sites (N-methyl/N-ethyl adjacent to an activating group) is 1. The molecule has 1 aliphatic heterocycles. The van der Waals surface area contributed by atoms with Crippen LogP contribution in [0.1, 0.15) is 6.92 Å². The SMILES string of the molecule is CCN1CCN(c2nc(Cl)nnc2Cl)CC1. The number of anilines is 1. The van der Waals surface area contributed by atoms with E-state index >= 15 is 0 Å². The Hall–Kier alpha value is -0.650. The second kappa shape index (κ2) is 5.12. The van der Waals surface area contributed by atoms with E-state index in [1.54, 1.807) is 0 Å². The lowest BCUT2D eigenvalue weighted by atomic mass is 10.3. The molecule has 1 saturated heterocycles. The van der Waals surface area contributed by atoms with Gasteiger partial charge in [0, 0.05) is 26.2 Å². The summed E-state index contributed by atoms with van der Waals surface area (Å²) in [4.78, 5) is 8.58. The number of hydrogen-bond acceptors (Lipinski definition) is 5. The first kappa shape index (κ1) is 11.8. The number of halogens is 2. The molecule has 0 bridgehead atoms. The largest absolute Gasteiger partial charge is 0.351 e. The molecule has 1 fully saturated rings. The van der Waals surface area contributed by atoms with Crippen LogP contribution in [0.5, 0.6) is 0 Å². The van der Waals surface area contributed by atoms with Crippen LogP contribution in [0, 0.1) is 0 Å². The first-order valence-electron chi connectivity index (χ1n) is 5.23. The maximum atomic E-state index is 5.95. The Morgan fingerprint density at radius 2 is 1.81 bits per heavy atom. The van der Waals surface area contributed by atoms with Gasteiger partial charge in [0.25, 0.3) is 0 Å². The van der Waals surface area contributed by atoms with Crippen LogP contribution in [-0.4, -0.2) is 52.8 Å². The molecule has 1 aromatic heterocycles. The number of hydrogen-bond donors (Lipinski definition) is 0. The Morgan fingerprint density at radius 3 is 2.44 bits per heavy atom. The van der Waals surface area contributed by atoms with Crippen molar-refractivity contribution in [3.05, 3.63) is 10.4 Å². The summed E-state index contributed by atoms with van der Waals surface area (Å²) in [5, 5.41) is 7.81. The summed E-state index contributed by atoms with van der Waals surface area (Å²) < 4.78 is 0. The smallest absolute Gasteiger partial charge is 0.245 e. The van der Waals surface area contributed by atoms with Crippen molar-refractivity contribution >= 4 is 29.0 Å². The van der Waals surface area contributed by atoms with Crippen molar-refractivity contribution in [2.75, 3.05) is 37.6 Å². The lowest BCUT2D eigenvalue weighted by Crippen LogP contribution is -2.46. The maximum absolute atomic E-state index is 5.95. The van der Waals surface area contributed by atoms with Crippen LogP contribution in [0.3, 0.4) is 0 Å². The van der Waals surface area contributed by atoms with E-state index in [2.05, 4.69) is 31.9 Å². The van der Waals surface area contributed by atoms with Crippen molar-refractivity contribution in [1.29, 1.82) is 0 Å². The van der Waals surface area contributed by atoms with Gasteiger partial charge < -0.3 is 9.80 Å². The van der Waals surface area contributed by atoms with Crippen molar-refractivity contribution in [1.82, 2.24) is 20.1 Å². The molecule has 0 amide bonds. The fourth-order valence-corrected chi connectivity index (χ4v) is 2.08. The summed E-state index contributed by atoms with van der Waals surface area (Å²) in [5.41, 5.74) is 0. The molecule has 1 aromatic rings. The van der Waals surface area contributed by atoms with Gasteiger partial charge in [-0.2, -0.15) is 4.98 Å². The summed E-state index contributed by atoms with van der Waals surface area (Å²) in [7, 11) is 0. The molecule has 16 heavy (non-hydrogen) atoms. The Morgan fingerprint density at radius 1 is 1.12 bits per heavy atom. The second-order valence-electron chi connectivity index (χ2n) is 3.62. The number of piperazine rings is 1. The van der Waals surface area contributed by atoms with Gasteiger partial charge in [-0.15, -0.1) is 10.2 Å². The van der Waals surface area contributed by atoms with Gasteiger partial charge in [-0.1, -0.05) is 18.5 Å². The van der Waals surface area contributed by atoms with Crippen LogP contribution in [-0.2, 0) is 0 Å². The van der Waals surface area contributed by atoms with Crippen LogP contribution in [0.4, 0.5) is 5.82 Å². The zero-order chi connectivity index (χ0) is 11.5. The van der Waals surface area contributed by atoms with Gasteiger partial charge in [0.2, 0.25) is 5.28 Å². The topological polar surface area (TPSA) is 45.2 Å². The molecule has 2 rings (SSSR count). The predicted molar refractivity (Wildman–Crippen MR) is 64.2 cm³/mol. The molecule has 1 aliphatic rings. The third kappa shape index (κ3) is 2.53. The van der Waals surface area contributed by atoms with E-state index < -0.39 is 0 Å². The van der Waals surface area contributed by atoms with Crippen molar-refractivity contribution in [2.45, 2.75) is 6.92 Å². The highest BCUT2D eigenvalue weighted by Gasteiger charge is 2.20. The zero-order valence-corrected chi connectivity index (χ0v) is 10.5. The number of aromatic nitrogens is 3. The standard InChI is InChI=1S/C9H13Cl2N5/c1-2-15-3-5-16(6-4-15)8-7(10)13-14-9(11)12-8/h2-6H2,1H3. The molecule has 0 saturated carbocycles. The normalized spacial score (nSPS) is 17.8. The summed E-state index contributed by atoms with van der Waals surface area (Å²) in [5.74, 6) is 0.636. The zero-order valence-electron chi connectivity index (χ0n) is 9.03. The van der Waals surface area contributed by atoms with Crippen molar-refractivity contribution in [2.24, 2.45) is 0 Å². The van der Waals surface area contributed by atoms with Gasteiger partial charge in [-0.25, -0.2) is 0 Å². The van der Waals surface area contributed by atoms with Gasteiger partial charge in [-0.05, 0) is 18.1 Å². The van der Waals surface area contributed by atoms with Crippen LogP contribution in [0.25, 0.3) is 0 Å². The van der Waals surface area contributed by atoms with Crippen molar-refractivity contribution < 1.29 is 0 Å². The number of nitrogens with zero attached hydrogens (tertiary/aromatic N) is 5. The minimum Gasteiger partial charge on any atom is -0.351 e. The van der Waals surface area contributed by atoms with Crippen LogP contribution in [0.15, 0.2) is 0 Å². The molecule has 88 valence electrons. The van der Waals surface area contributed by atoms with E-state index in [0.717, 1.165) is 32.7 Å². The Balaban J connectivity index is 2.10. The van der Waals surface area contributed by atoms with Crippen LogP contribution >= 0.6 is 23.2 Å². The molecule has 0 atom stereocenters. The molecule has 5 nitrogen and oxygen atoms in total. The van der Waals surface area contributed by atoms with Gasteiger partial charge in [-0.3, -0.25) is 0 Å². The third-order valence-corrected chi connectivity index (χ3v) is 3.13. The van der Waals surface area contributed by atoms with E-state index in [1.807, 2.05) is 0 Å². The Kier molecular flexibility index (Phi) is 3.78. The molecule has 0 radical (unpaired) electrons. The summed E-state index contributed by atoms with van der Waals surface area (Å²) in [6, 6.07) is 0. The third-order valence-electron chi connectivity index (χ3n) is 2.72. The predicted octanol–water partition coefficient (Wildman–Crippen LogP) is 1.32. The second-order valence-corrected chi connectivity index (χ2v) is 4.31. The molecular formula is C9H13Cl2N5. The Labute approximate surface area is 104 Å². The fraction of sp³-hybridized carbons (Fsp3) is 0.667. The molecular weight excluding hydrogens is 249 g/mol. The minimum absolute atomic E-state index is 0.136. The van der Waals surface area contributed by atoms with Gasteiger partial charge >= 0.3 is 0 Å². The van der Waals surface area contributed by atoms with E-state index in [-0.39, 0.29) is 5.28 Å². The molecule has 0 spiro atoms. The molecule has 0 aromatic carbocycles. The minimum atomic E-state index is 0.136. The van der Waals surface area contributed by atoms with Gasteiger partial charge in [0.05, 0.1) is 0 Å². The van der Waals surface area contributed by atoms with Crippen LogP contribution in [0.2, 0.25) is 10.4 Å². The summed E-state index contributed by atoms with van der Waals surface area (Å²) in [6.45, 7) is 7.03. The quantitative estimate of drug-likeness (QED) is 0.804. The van der Waals surface area contributed by atoms with E-state index in [9.17, 15) is 0 Å². The van der Waals surface area contributed by atoms with Gasteiger partial charge in [0.15, 0.2) is 11.0 Å². The fourth-order valence-electron chi connectivity index (χ4n) is 1.76. The lowest BCUT2D eigenvalue weighted by Gasteiger charge is -2.34. The summed E-state index contributed by atoms with van der Waals surface area (Å²) in [6.07, 6.45) is 0. The van der Waals surface area contributed by atoms with Crippen molar-refractivity contribution in [3.8, 4) is 0 Å². The highest BCUT2D eigenvalue weighted by Crippen LogP contribution is 2.22. The molecule has 0 aliphatic carbocycles. The van der Waals surface area contributed by atoms with Gasteiger partial charge in [0.1, 0.15) is 0 Å². The average molecular weight is 262 g/mol. The molecule has 0 unspecified atom stereocenters. The van der Waals surface area contributed by atoms with Crippen LogP contribution < -0.4 is 4.90 Å². The first-order valence-corrected chi connectivity index (χ1v) is 5.99.